The topological polar surface area (TPSA) is 118 Å². The first-order valence-corrected chi connectivity index (χ1v) is 9.07. The monoisotopic (exact) mass is 432 g/mol. The van der Waals surface area contributed by atoms with Crippen molar-refractivity contribution in [3.8, 4) is 22.7 Å². The van der Waals surface area contributed by atoms with Crippen molar-refractivity contribution >= 4 is 11.6 Å². The van der Waals surface area contributed by atoms with Crippen LogP contribution < -0.4 is 10.9 Å². The Hall–Kier alpha value is -3.96. The van der Waals surface area contributed by atoms with E-state index in [2.05, 4.69) is 25.6 Å². The van der Waals surface area contributed by atoms with Gasteiger partial charge in [-0.3, -0.25) is 14.7 Å². The molecule has 0 aliphatic carbocycles. The zero-order valence-corrected chi connectivity index (χ0v) is 16.2. The normalized spacial score (nSPS) is 11.9. The Labute approximate surface area is 171 Å². The molecule has 2 N–H and O–H groups in total. The summed E-state index contributed by atoms with van der Waals surface area (Å²) in [6.45, 7) is 3.54. The lowest BCUT2D eigenvalue weighted by Gasteiger charge is -2.07. The minimum atomic E-state index is -4.47. The number of rotatable bonds is 4. The van der Waals surface area contributed by atoms with E-state index in [4.69, 9.17) is 4.42 Å². The average molecular weight is 432 g/mol. The lowest BCUT2D eigenvalue weighted by molar-refractivity contribution is -0.137. The Morgan fingerprint density at radius 2 is 1.90 bits per heavy atom. The van der Waals surface area contributed by atoms with Gasteiger partial charge >= 0.3 is 18.0 Å². The second-order valence-electron chi connectivity index (χ2n) is 6.94. The number of hydrogen-bond acceptors (Lipinski definition) is 6. The number of amides is 1. The number of nitrogens with zero attached hydrogens (tertiary/aromatic N) is 4. The van der Waals surface area contributed by atoms with E-state index in [1.54, 1.807) is 13.8 Å². The van der Waals surface area contributed by atoms with Crippen molar-refractivity contribution in [3.63, 3.8) is 0 Å². The molecule has 0 unspecified atom stereocenters. The van der Waals surface area contributed by atoms with Crippen LogP contribution in [-0.2, 0) is 6.18 Å². The molecule has 0 aliphatic rings. The summed E-state index contributed by atoms with van der Waals surface area (Å²) in [5.41, 5.74) is -0.458. The number of fused-ring (bicyclic) bond motifs is 1. The zero-order chi connectivity index (χ0) is 22.3. The lowest BCUT2D eigenvalue weighted by atomic mass is 10.1. The van der Waals surface area contributed by atoms with Gasteiger partial charge in [0.05, 0.1) is 11.3 Å². The van der Waals surface area contributed by atoms with E-state index in [-0.39, 0.29) is 34.7 Å². The van der Waals surface area contributed by atoms with Crippen LogP contribution in [0.25, 0.3) is 28.4 Å². The van der Waals surface area contributed by atoms with Crippen LogP contribution in [0.4, 0.5) is 13.2 Å². The number of alkyl halides is 3. The van der Waals surface area contributed by atoms with Gasteiger partial charge in [-0.25, -0.2) is 9.50 Å². The van der Waals surface area contributed by atoms with Crippen LogP contribution in [0, 0.1) is 0 Å². The van der Waals surface area contributed by atoms with Crippen LogP contribution in [0.5, 0.6) is 0 Å². The Morgan fingerprint density at radius 1 is 1.19 bits per heavy atom. The van der Waals surface area contributed by atoms with Crippen molar-refractivity contribution < 1.29 is 22.4 Å². The molecule has 9 nitrogen and oxygen atoms in total. The number of carbonyl (C=O) groups excluding carboxylic acids is 1. The molecule has 0 saturated carbocycles. The van der Waals surface area contributed by atoms with Crippen molar-refractivity contribution in [2.45, 2.75) is 26.1 Å². The first kappa shape index (κ1) is 20.3. The minimum absolute atomic E-state index is 0.0517. The summed E-state index contributed by atoms with van der Waals surface area (Å²) < 4.78 is 44.9. The maximum Gasteiger partial charge on any atom is 0.416 e. The molecule has 0 saturated heterocycles. The largest absolute Gasteiger partial charge is 0.416 e. The van der Waals surface area contributed by atoms with Crippen molar-refractivity contribution in [1.82, 2.24) is 30.1 Å². The SMILES string of the molecule is CC(C)NC(=O)c1nnc(-c2c[nH]n3c(=O)cc(-c4ccc(C(F)(F)F)cc4)nc23)o1. The number of hydrogen-bond donors (Lipinski definition) is 2. The molecule has 0 atom stereocenters. The van der Waals surface area contributed by atoms with E-state index in [0.717, 1.165) is 16.6 Å². The summed E-state index contributed by atoms with van der Waals surface area (Å²) >= 11 is 0. The van der Waals surface area contributed by atoms with Crippen LogP contribution in [0.3, 0.4) is 0 Å². The van der Waals surface area contributed by atoms with Gasteiger partial charge in [0.2, 0.25) is 0 Å². The molecule has 160 valence electrons. The number of H-pyrrole nitrogens is 1. The molecule has 3 heterocycles. The van der Waals surface area contributed by atoms with Crippen molar-refractivity contribution in [3.05, 3.63) is 58.3 Å². The van der Waals surface area contributed by atoms with Crippen LogP contribution in [0.2, 0.25) is 0 Å². The number of nitrogens with one attached hydrogen (secondary N) is 2. The molecule has 1 aromatic carbocycles. The van der Waals surface area contributed by atoms with E-state index in [0.29, 0.717) is 5.56 Å². The molecule has 12 heteroatoms. The van der Waals surface area contributed by atoms with E-state index >= 15 is 0 Å². The number of aromatic nitrogens is 5. The lowest BCUT2D eigenvalue weighted by Crippen LogP contribution is -2.30. The molecule has 0 aliphatic heterocycles. The second kappa shape index (κ2) is 7.38. The van der Waals surface area contributed by atoms with Gasteiger partial charge in [0.15, 0.2) is 5.65 Å². The molecule has 0 bridgehead atoms. The fourth-order valence-electron chi connectivity index (χ4n) is 2.86. The molecular formula is C19H15F3N6O3. The molecule has 0 fully saturated rings. The maximum atomic E-state index is 12.8. The van der Waals surface area contributed by atoms with Crippen LogP contribution >= 0.6 is 0 Å². The highest BCUT2D eigenvalue weighted by Crippen LogP contribution is 2.31. The quantitative estimate of drug-likeness (QED) is 0.512. The van der Waals surface area contributed by atoms with E-state index in [1.807, 2.05) is 0 Å². The van der Waals surface area contributed by atoms with Gasteiger partial charge in [-0.15, -0.1) is 10.2 Å². The third kappa shape index (κ3) is 3.91. The Bertz CT molecular complexity index is 1320. The third-order valence-electron chi connectivity index (χ3n) is 4.28. The first-order chi connectivity index (χ1) is 14.6. The number of halogens is 3. The van der Waals surface area contributed by atoms with E-state index in [9.17, 15) is 22.8 Å². The molecule has 1 amide bonds. The Morgan fingerprint density at radius 3 is 2.55 bits per heavy atom. The summed E-state index contributed by atoms with van der Waals surface area (Å²) in [6.07, 6.45) is -3.07. The van der Waals surface area contributed by atoms with Gasteiger partial charge in [0, 0.05) is 23.9 Å². The number of aromatic amines is 1. The minimum Gasteiger partial charge on any atom is -0.412 e. The molecule has 31 heavy (non-hydrogen) atoms. The summed E-state index contributed by atoms with van der Waals surface area (Å²) in [5, 5.41) is 12.8. The molecular weight excluding hydrogens is 417 g/mol. The van der Waals surface area contributed by atoms with Crippen molar-refractivity contribution in [1.29, 1.82) is 0 Å². The average Bonchev–Trinajstić information content (AvgIpc) is 3.34. The Kier molecular flexibility index (Phi) is 4.84. The van der Waals surface area contributed by atoms with E-state index in [1.165, 1.54) is 24.4 Å². The molecule has 4 aromatic rings. The first-order valence-electron chi connectivity index (χ1n) is 9.07. The van der Waals surface area contributed by atoms with Crippen LogP contribution in [-0.4, -0.2) is 36.7 Å². The smallest absolute Gasteiger partial charge is 0.412 e. The van der Waals surface area contributed by atoms with Crippen LogP contribution in [0.1, 0.15) is 30.1 Å². The molecule has 0 spiro atoms. The summed E-state index contributed by atoms with van der Waals surface area (Å²) in [7, 11) is 0. The highest BCUT2D eigenvalue weighted by atomic mass is 19.4. The highest BCUT2D eigenvalue weighted by molar-refractivity contribution is 5.90. The zero-order valence-electron chi connectivity index (χ0n) is 16.2. The summed E-state index contributed by atoms with van der Waals surface area (Å²) in [6, 6.07) is 5.33. The number of benzene rings is 1. The van der Waals surface area contributed by atoms with Gasteiger partial charge in [0.25, 0.3) is 11.4 Å². The van der Waals surface area contributed by atoms with Crippen LogP contribution in [0.15, 0.2) is 45.7 Å². The van der Waals surface area contributed by atoms with Crippen molar-refractivity contribution in [2.24, 2.45) is 0 Å². The summed E-state index contributed by atoms with van der Waals surface area (Å²) in [4.78, 5) is 28.8. The van der Waals surface area contributed by atoms with Gasteiger partial charge in [0.1, 0.15) is 5.56 Å². The standard InChI is InChI=1S/C19H15F3N6O3/c1-9(2)24-16(30)18-27-26-17(31-18)12-8-23-28-14(29)7-13(25-15(12)28)10-3-5-11(6-4-10)19(20,21)22/h3-9,23H,1-2H3,(H,24,30). The van der Waals surface area contributed by atoms with Gasteiger partial charge in [-0.1, -0.05) is 12.1 Å². The third-order valence-corrected chi connectivity index (χ3v) is 4.28. The molecule has 3 aromatic heterocycles. The van der Waals surface area contributed by atoms with E-state index < -0.39 is 23.2 Å². The predicted molar refractivity (Wildman–Crippen MR) is 102 cm³/mol. The summed E-state index contributed by atoms with van der Waals surface area (Å²) in [5.74, 6) is -0.863. The van der Waals surface area contributed by atoms with Crippen molar-refractivity contribution in [2.75, 3.05) is 0 Å². The fourth-order valence-corrected chi connectivity index (χ4v) is 2.86. The highest BCUT2D eigenvalue weighted by Gasteiger charge is 2.30. The second-order valence-corrected chi connectivity index (χ2v) is 6.94. The predicted octanol–water partition coefficient (Wildman–Crippen LogP) is 2.90. The fraction of sp³-hybridized carbons (Fsp3) is 0.211. The molecule has 4 rings (SSSR count). The Balaban J connectivity index is 1.75. The van der Waals surface area contributed by atoms with Gasteiger partial charge in [-0.05, 0) is 26.0 Å². The van der Waals surface area contributed by atoms with Gasteiger partial charge in [-0.2, -0.15) is 13.2 Å². The maximum absolute atomic E-state index is 12.8. The van der Waals surface area contributed by atoms with Gasteiger partial charge < -0.3 is 9.73 Å². The number of carbonyl (C=O) groups is 1. The molecule has 0 radical (unpaired) electrons.